The monoisotopic (exact) mass is 259 g/mol. The number of rotatable bonds is 9. The molecule has 19 heavy (non-hydrogen) atoms. The molecule has 0 aliphatic rings. The lowest BCUT2D eigenvalue weighted by Crippen LogP contribution is -2.15. The summed E-state index contributed by atoms with van der Waals surface area (Å²) in [6.07, 6.45) is 8.18. The highest BCUT2D eigenvalue weighted by Crippen LogP contribution is 2.09. The van der Waals surface area contributed by atoms with E-state index in [-0.39, 0.29) is 0 Å². The van der Waals surface area contributed by atoms with Gasteiger partial charge in [0, 0.05) is 18.3 Å². The third-order valence-electron chi connectivity index (χ3n) is 3.20. The van der Waals surface area contributed by atoms with Gasteiger partial charge in [-0.25, -0.2) is 4.98 Å². The highest BCUT2D eigenvalue weighted by atomic mass is 14.9. The number of pyridine rings is 1. The van der Waals surface area contributed by atoms with Gasteiger partial charge in [-0.1, -0.05) is 45.6 Å². The molecular formula is C16H25N3. The average molecular weight is 259 g/mol. The molecule has 1 heterocycles. The Morgan fingerprint density at radius 3 is 2.79 bits per heavy atom. The maximum atomic E-state index is 8.92. The highest BCUT2D eigenvalue weighted by Gasteiger charge is 2.01. The van der Waals surface area contributed by atoms with Crippen LogP contribution in [0.3, 0.4) is 0 Å². The number of unbranched alkanes of at least 4 members (excludes halogenated alkanes) is 3. The van der Waals surface area contributed by atoms with Gasteiger partial charge in [-0.05, 0) is 24.9 Å². The molecule has 0 aliphatic carbocycles. The SMILES string of the molecule is CC(C)CCCCCCNCc1cccnc1C#N. The van der Waals surface area contributed by atoms with Crippen molar-refractivity contribution >= 4 is 0 Å². The van der Waals surface area contributed by atoms with E-state index in [4.69, 9.17) is 5.26 Å². The smallest absolute Gasteiger partial charge is 0.144 e. The molecule has 0 aliphatic heterocycles. The summed E-state index contributed by atoms with van der Waals surface area (Å²) in [6.45, 7) is 6.31. The van der Waals surface area contributed by atoms with Gasteiger partial charge in [0.05, 0.1) is 0 Å². The van der Waals surface area contributed by atoms with E-state index in [0.29, 0.717) is 5.69 Å². The van der Waals surface area contributed by atoms with Crippen LogP contribution in [0.25, 0.3) is 0 Å². The number of nitriles is 1. The van der Waals surface area contributed by atoms with Crippen molar-refractivity contribution in [1.82, 2.24) is 10.3 Å². The average Bonchev–Trinajstić information content (AvgIpc) is 2.42. The van der Waals surface area contributed by atoms with E-state index in [1.165, 1.54) is 32.1 Å². The minimum absolute atomic E-state index is 0.534. The fraction of sp³-hybridized carbons (Fsp3) is 0.625. The molecule has 104 valence electrons. The summed E-state index contributed by atoms with van der Waals surface area (Å²) in [6, 6.07) is 5.96. The van der Waals surface area contributed by atoms with Crippen LogP contribution in [0, 0.1) is 17.2 Å². The highest BCUT2D eigenvalue weighted by molar-refractivity contribution is 5.30. The largest absolute Gasteiger partial charge is 0.313 e. The van der Waals surface area contributed by atoms with Crippen LogP contribution in [-0.2, 0) is 6.54 Å². The maximum Gasteiger partial charge on any atom is 0.144 e. The first kappa shape index (κ1) is 15.7. The third kappa shape index (κ3) is 6.93. The van der Waals surface area contributed by atoms with Crippen molar-refractivity contribution in [3.8, 4) is 6.07 Å². The molecule has 3 nitrogen and oxygen atoms in total. The van der Waals surface area contributed by atoms with Crippen LogP contribution in [0.4, 0.5) is 0 Å². The first-order valence-corrected chi connectivity index (χ1v) is 7.28. The van der Waals surface area contributed by atoms with Crippen molar-refractivity contribution in [1.29, 1.82) is 5.26 Å². The first-order valence-electron chi connectivity index (χ1n) is 7.28. The molecule has 0 aromatic carbocycles. The molecule has 0 unspecified atom stereocenters. The van der Waals surface area contributed by atoms with Crippen LogP contribution in [0.1, 0.15) is 57.2 Å². The zero-order valence-electron chi connectivity index (χ0n) is 12.2. The van der Waals surface area contributed by atoms with Gasteiger partial charge in [0.15, 0.2) is 0 Å². The molecule has 0 atom stereocenters. The Hall–Kier alpha value is -1.40. The first-order chi connectivity index (χ1) is 9.24. The Kier molecular flexibility index (Phi) is 7.84. The molecule has 1 aromatic rings. The van der Waals surface area contributed by atoms with E-state index in [9.17, 15) is 0 Å². The Morgan fingerprint density at radius 1 is 1.26 bits per heavy atom. The van der Waals surface area contributed by atoms with Gasteiger partial charge in [0.1, 0.15) is 11.8 Å². The third-order valence-corrected chi connectivity index (χ3v) is 3.20. The summed E-state index contributed by atoms with van der Waals surface area (Å²) < 4.78 is 0. The van der Waals surface area contributed by atoms with Gasteiger partial charge < -0.3 is 5.32 Å². The Bertz CT molecular complexity index is 393. The second-order valence-corrected chi connectivity index (χ2v) is 5.40. The minimum Gasteiger partial charge on any atom is -0.313 e. The van der Waals surface area contributed by atoms with Crippen LogP contribution in [0.5, 0.6) is 0 Å². The molecule has 1 aromatic heterocycles. The second kappa shape index (κ2) is 9.52. The van der Waals surface area contributed by atoms with Crippen molar-refractivity contribution in [2.75, 3.05) is 6.54 Å². The van der Waals surface area contributed by atoms with Crippen LogP contribution < -0.4 is 5.32 Å². The molecule has 0 spiro atoms. The summed E-state index contributed by atoms with van der Waals surface area (Å²) in [5.74, 6) is 0.827. The molecule has 0 fully saturated rings. The van der Waals surface area contributed by atoms with E-state index in [0.717, 1.165) is 24.6 Å². The van der Waals surface area contributed by atoms with Crippen LogP contribution in [0.15, 0.2) is 18.3 Å². The molecule has 0 saturated carbocycles. The second-order valence-electron chi connectivity index (χ2n) is 5.40. The number of hydrogen-bond donors (Lipinski definition) is 1. The van der Waals surface area contributed by atoms with Crippen molar-refractivity contribution in [2.24, 2.45) is 5.92 Å². The van der Waals surface area contributed by atoms with E-state index in [2.05, 4.69) is 30.2 Å². The quantitative estimate of drug-likeness (QED) is 0.689. The number of aromatic nitrogens is 1. The van der Waals surface area contributed by atoms with Crippen LogP contribution >= 0.6 is 0 Å². The van der Waals surface area contributed by atoms with Gasteiger partial charge in [0.25, 0.3) is 0 Å². The Labute approximate surface area is 117 Å². The molecule has 0 radical (unpaired) electrons. The van der Waals surface area contributed by atoms with Gasteiger partial charge in [-0.2, -0.15) is 5.26 Å². The fourth-order valence-electron chi connectivity index (χ4n) is 2.06. The Balaban J connectivity index is 2.06. The zero-order valence-corrected chi connectivity index (χ0v) is 12.2. The topological polar surface area (TPSA) is 48.7 Å². The molecule has 3 heteroatoms. The van der Waals surface area contributed by atoms with Crippen molar-refractivity contribution in [2.45, 2.75) is 52.5 Å². The lowest BCUT2D eigenvalue weighted by atomic mass is 10.0. The molecule has 0 saturated heterocycles. The van der Waals surface area contributed by atoms with Crippen molar-refractivity contribution < 1.29 is 0 Å². The molecule has 1 N–H and O–H groups in total. The summed E-state index contributed by atoms with van der Waals surface area (Å²) in [7, 11) is 0. The zero-order chi connectivity index (χ0) is 13.9. The minimum atomic E-state index is 0.534. The van der Waals surface area contributed by atoms with Gasteiger partial charge in [-0.3, -0.25) is 0 Å². The maximum absolute atomic E-state index is 8.92. The van der Waals surface area contributed by atoms with Crippen LogP contribution in [0.2, 0.25) is 0 Å². The molecule has 0 bridgehead atoms. The van der Waals surface area contributed by atoms with Gasteiger partial charge >= 0.3 is 0 Å². The van der Waals surface area contributed by atoms with E-state index in [1.807, 2.05) is 12.1 Å². The Morgan fingerprint density at radius 2 is 2.05 bits per heavy atom. The van der Waals surface area contributed by atoms with Crippen molar-refractivity contribution in [3.63, 3.8) is 0 Å². The standard InChI is InChI=1S/C16H25N3/c1-14(2)8-5-3-4-6-10-18-13-15-9-7-11-19-16(15)12-17/h7,9,11,14,18H,3-6,8,10,13H2,1-2H3. The number of nitrogens with zero attached hydrogens (tertiary/aromatic N) is 2. The van der Waals surface area contributed by atoms with E-state index in [1.54, 1.807) is 6.20 Å². The predicted molar refractivity (Wildman–Crippen MR) is 78.6 cm³/mol. The summed E-state index contributed by atoms with van der Waals surface area (Å²) in [4.78, 5) is 4.05. The summed E-state index contributed by atoms with van der Waals surface area (Å²) in [5.41, 5.74) is 1.52. The van der Waals surface area contributed by atoms with E-state index >= 15 is 0 Å². The van der Waals surface area contributed by atoms with Crippen LogP contribution in [-0.4, -0.2) is 11.5 Å². The molecule has 1 rings (SSSR count). The lowest BCUT2D eigenvalue weighted by molar-refractivity contribution is 0.512. The number of nitrogens with one attached hydrogen (secondary N) is 1. The van der Waals surface area contributed by atoms with Gasteiger partial charge in [0.2, 0.25) is 0 Å². The fourth-order valence-corrected chi connectivity index (χ4v) is 2.06. The van der Waals surface area contributed by atoms with Gasteiger partial charge in [-0.15, -0.1) is 0 Å². The molecular weight excluding hydrogens is 234 g/mol. The summed E-state index contributed by atoms with van der Waals surface area (Å²) >= 11 is 0. The molecule has 0 amide bonds. The van der Waals surface area contributed by atoms with E-state index < -0.39 is 0 Å². The number of hydrogen-bond acceptors (Lipinski definition) is 3. The lowest BCUT2D eigenvalue weighted by Gasteiger charge is -2.06. The predicted octanol–water partition coefficient (Wildman–Crippen LogP) is 3.65. The van der Waals surface area contributed by atoms with Crippen molar-refractivity contribution in [3.05, 3.63) is 29.6 Å². The summed E-state index contributed by atoms with van der Waals surface area (Å²) in [5, 5.41) is 12.3. The normalized spacial score (nSPS) is 10.6.